The van der Waals surface area contributed by atoms with Gasteiger partial charge in [0.15, 0.2) is 5.03 Å². The third-order valence-electron chi connectivity index (χ3n) is 4.71. The Bertz CT molecular complexity index is 1280. The molecule has 3 rings (SSSR count). The second-order valence-electron chi connectivity index (χ2n) is 8.23. The van der Waals surface area contributed by atoms with Gasteiger partial charge in [-0.1, -0.05) is 23.8 Å². The summed E-state index contributed by atoms with van der Waals surface area (Å²) in [7, 11) is -4.22. The summed E-state index contributed by atoms with van der Waals surface area (Å²) in [6.45, 7) is 11.4. The fourth-order valence-corrected chi connectivity index (χ4v) is 4.31. The quantitative estimate of drug-likeness (QED) is 0.527. The van der Waals surface area contributed by atoms with Gasteiger partial charge in [0.05, 0.1) is 0 Å². The molecule has 0 spiro atoms. The lowest BCUT2D eigenvalue weighted by atomic mass is 10.1. The Kier molecular flexibility index (Phi) is 7.02. The van der Waals surface area contributed by atoms with Crippen LogP contribution in [0.25, 0.3) is 0 Å². The van der Waals surface area contributed by atoms with Gasteiger partial charge in [-0.15, -0.1) is 0 Å². The lowest BCUT2D eigenvalue weighted by molar-refractivity contribution is 0.0978. The largest absolute Gasteiger partial charge is 0.438 e. The number of nitrogens with zero attached hydrogens (tertiary/aromatic N) is 2. The average molecular weight is 469 g/mol. The van der Waals surface area contributed by atoms with Crippen LogP contribution in [0.2, 0.25) is 0 Å². The Morgan fingerprint density at radius 2 is 1.64 bits per heavy atom. The van der Waals surface area contributed by atoms with E-state index >= 15 is 0 Å². The molecule has 0 bridgehead atoms. The van der Waals surface area contributed by atoms with Gasteiger partial charge in [-0.3, -0.25) is 4.79 Å². The lowest BCUT2D eigenvalue weighted by Gasteiger charge is -2.15. The molecule has 8 nitrogen and oxygen atoms in total. The number of nitrogens with one attached hydrogen (secondary N) is 2. The Labute approximate surface area is 194 Å². The minimum Gasteiger partial charge on any atom is -0.438 e. The standard InChI is InChI=1S/C24H28N4O4S/c1-14(2)25-20-8-7-9-21(27-20)33(30,31)28-23(29)19-11-10-18(6)26-24(19)32-22-16(4)12-15(3)13-17(22)5/h7-14H,1-6H3,(H,25,27)(H,28,29). The van der Waals surface area contributed by atoms with E-state index in [1.165, 1.54) is 12.1 Å². The van der Waals surface area contributed by atoms with Crippen LogP contribution < -0.4 is 14.8 Å². The summed E-state index contributed by atoms with van der Waals surface area (Å²) >= 11 is 0. The number of aryl methyl sites for hydroxylation is 4. The van der Waals surface area contributed by atoms with Crippen molar-refractivity contribution in [2.24, 2.45) is 0 Å². The van der Waals surface area contributed by atoms with Gasteiger partial charge in [0.1, 0.15) is 17.1 Å². The second kappa shape index (κ2) is 9.58. The van der Waals surface area contributed by atoms with Crippen LogP contribution in [0, 0.1) is 27.7 Å². The molecule has 0 saturated heterocycles. The van der Waals surface area contributed by atoms with E-state index in [1.54, 1.807) is 25.1 Å². The predicted molar refractivity (Wildman–Crippen MR) is 127 cm³/mol. The fourth-order valence-electron chi connectivity index (χ4n) is 3.38. The van der Waals surface area contributed by atoms with E-state index in [9.17, 15) is 13.2 Å². The number of pyridine rings is 2. The number of aromatic nitrogens is 2. The molecule has 0 saturated carbocycles. The first-order valence-corrected chi connectivity index (χ1v) is 12.0. The molecule has 3 aromatic rings. The molecule has 1 aromatic carbocycles. The van der Waals surface area contributed by atoms with Crippen LogP contribution in [0.15, 0.2) is 47.5 Å². The van der Waals surface area contributed by atoms with Crippen molar-refractivity contribution in [3.05, 3.63) is 70.4 Å². The maximum absolute atomic E-state index is 13.0. The highest BCUT2D eigenvalue weighted by atomic mass is 32.2. The summed E-state index contributed by atoms with van der Waals surface area (Å²) in [5, 5.41) is 2.77. The molecule has 0 aliphatic rings. The molecule has 33 heavy (non-hydrogen) atoms. The molecule has 2 aromatic heterocycles. The highest BCUT2D eigenvalue weighted by molar-refractivity contribution is 7.90. The van der Waals surface area contributed by atoms with E-state index in [-0.39, 0.29) is 22.5 Å². The highest BCUT2D eigenvalue weighted by Gasteiger charge is 2.24. The molecule has 1 amide bonds. The summed E-state index contributed by atoms with van der Waals surface area (Å²) < 4.78 is 33.8. The van der Waals surface area contributed by atoms with Crippen molar-refractivity contribution in [1.82, 2.24) is 14.7 Å². The summed E-state index contributed by atoms with van der Waals surface area (Å²) in [6, 6.07) is 11.6. The summed E-state index contributed by atoms with van der Waals surface area (Å²) in [6.07, 6.45) is 0. The van der Waals surface area contributed by atoms with E-state index in [4.69, 9.17) is 4.74 Å². The lowest BCUT2D eigenvalue weighted by Crippen LogP contribution is -2.31. The van der Waals surface area contributed by atoms with Gasteiger partial charge in [0.2, 0.25) is 5.88 Å². The van der Waals surface area contributed by atoms with Crippen LogP contribution in [0.5, 0.6) is 11.6 Å². The highest BCUT2D eigenvalue weighted by Crippen LogP contribution is 2.31. The van der Waals surface area contributed by atoms with Gasteiger partial charge >= 0.3 is 0 Å². The van der Waals surface area contributed by atoms with E-state index in [0.717, 1.165) is 16.7 Å². The molecular formula is C24H28N4O4S. The average Bonchev–Trinajstić information content (AvgIpc) is 2.70. The van der Waals surface area contributed by atoms with Crippen molar-refractivity contribution >= 4 is 21.7 Å². The molecule has 2 N–H and O–H groups in total. The van der Waals surface area contributed by atoms with Gasteiger partial charge in [-0.2, -0.15) is 8.42 Å². The van der Waals surface area contributed by atoms with Crippen molar-refractivity contribution < 1.29 is 17.9 Å². The van der Waals surface area contributed by atoms with Gasteiger partial charge < -0.3 is 10.1 Å². The van der Waals surface area contributed by atoms with Crippen LogP contribution in [0.1, 0.15) is 46.6 Å². The molecule has 9 heteroatoms. The van der Waals surface area contributed by atoms with Crippen LogP contribution in [0.3, 0.4) is 0 Å². The third-order valence-corrected chi connectivity index (χ3v) is 5.94. The zero-order valence-electron chi connectivity index (χ0n) is 19.6. The minimum absolute atomic E-state index is 0.00000926. The zero-order valence-corrected chi connectivity index (χ0v) is 20.4. The van der Waals surface area contributed by atoms with Gasteiger partial charge in [0.25, 0.3) is 15.9 Å². The maximum Gasteiger partial charge on any atom is 0.281 e. The number of anilines is 1. The molecule has 0 radical (unpaired) electrons. The maximum atomic E-state index is 13.0. The number of hydrogen-bond donors (Lipinski definition) is 2. The molecule has 0 aliphatic heterocycles. The van der Waals surface area contributed by atoms with Crippen LogP contribution >= 0.6 is 0 Å². The molecule has 0 aliphatic carbocycles. The molecule has 2 heterocycles. The Morgan fingerprint density at radius 1 is 0.970 bits per heavy atom. The van der Waals surface area contributed by atoms with Crippen LogP contribution in [-0.4, -0.2) is 30.3 Å². The number of amides is 1. The van der Waals surface area contributed by atoms with Crippen molar-refractivity contribution in [3.63, 3.8) is 0 Å². The molecule has 0 atom stereocenters. The van der Waals surface area contributed by atoms with E-state index in [1.807, 2.05) is 46.8 Å². The van der Waals surface area contributed by atoms with E-state index in [0.29, 0.717) is 17.3 Å². The molecule has 0 unspecified atom stereocenters. The first-order chi connectivity index (χ1) is 15.5. The van der Waals surface area contributed by atoms with E-state index < -0.39 is 15.9 Å². The first kappa shape index (κ1) is 24.2. The van der Waals surface area contributed by atoms with Crippen LogP contribution in [0.4, 0.5) is 5.82 Å². The number of hydrogen-bond acceptors (Lipinski definition) is 7. The topological polar surface area (TPSA) is 110 Å². The third kappa shape index (κ3) is 5.87. The molecule has 174 valence electrons. The number of rotatable bonds is 7. The minimum atomic E-state index is -4.22. The summed E-state index contributed by atoms with van der Waals surface area (Å²) in [5.74, 6) is 0.140. The van der Waals surface area contributed by atoms with Crippen molar-refractivity contribution in [2.45, 2.75) is 52.6 Å². The Hall–Kier alpha value is -3.46. The smallest absolute Gasteiger partial charge is 0.281 e. The Balaban J connectivity index is 1.92. The Morgan fingerprint density at radius 3 is 2.27 bits per heavy atom. The van der Waals surface area contributed by atoms with Crippen LogP contribution in [-0.2, 0) is 10.0 Å². The zero-order chi connectivity index (χ0) is 24.3. The summed E-state index contributed by atoms with van der Waals surface area (Å²) in [4.78, 5) is 21.4. The molecule has 0 fully saturated rings. The van der Waals surface area contributed by atoms with Gasteiger partial charge in [-0.05, 0) is 76.9 Å². The van der Waals surface area contributed by atoms with Gasteiger partial charge in [0, 0.05) is 11.7 Å². The SMILES string of the molecule is Cc1cc(C)c(Oc2nc(C)ccc2C(=O)NS(=O)(=O)c2cccc(NC(C)C)n2)c(C)c1. The number of carbonyl (C=O) groups is 1. The van der Waals surface area contributed by atoms with Crippen molar-refractivity contribution in [1.29, 1.82) is 0 Å². The number of benzene rings is 1. The molecular weight excluding hydrogens is 440 g/mol. The number of carbonyl (C=O) groups excluding carboxylic acids is 1. The number of ether oxygens (including phenoxy) is 1. The fraction of sp³-hybridized carbons (Fsp3) is 0.292. The second-order valence-corrected chi connectivity index (χ2v) is 9.86. The van der Waals surface area contributed by atoms with Gasteiger partial charge in [-0.25, -0.2) is 14.7 Å². The monoisotopic (exact) mass is 468 g/mol. The normalized spacial score (nSPS) is 11.4. The first-order valence-electron chi connectivity index (χ1n) is 10.5. The predicted octanol–water partition coefficient (Wildman–Crippen LogP) is 4.44. The van der Waals surface area contributed by atoms with Crippen molar-refractivity contribution in [3.8, 4) is 11.6 Å². The van der Waals surface area contributed by atoms with E-state index in [2.05, 4.69) is 20.0 Å². The summed E-state index contributed by atoms with van der Waals surface area (Å²) in [5.41, 5.74) is 3.48. The number of sulfonamides is 1. The van der Waals surface area contributed by atoms with Crippen molar-refractivity contribution in [2.75, 3.05) is 5.32 Å².